The first-order chi connectivity index (χ1) is 7.42. The van der Waals surface area contributed by atoms with Gasteiger partial charge in [-0.2, -0.15) is 0 Å². The Bertz CT molecular complexity index is 633. The van der Waals surface area contributed by atoms with E-state index >= 15 is 0 Å². The van der Waals surface area contributed by atoms with Gasteiger partial charge in [-0.05, 0) is 41.3 Å². The molecule has 0 fully saturated rings. The van der Waals surface area contributed by atoms with Crippen molar-refractivity contribution in [2.75, 3.05) is 0 Å². The van der Waals surface area contributed by atoms with Gasteiger partial charge in [-0.3, -0.25) is 0 Å². The summed E-state index contributed by atoms with van der Waals surface area (Å²) in [5.41, 5.74) is 5.64. The fraction of sp³-hybridized carbons (Fsp3) is 0.143. The Morgan fingerprint density at radius 1 is 0.933 bits per heavy atom. The van der Waals surface area contributed by atoms with Crippen LogP contribution in [0.3, 0.4) is 0 Å². The summed E-state index contributed by atoms with van der Waals surface area (Å²) >= 11 is 0. The minimum absolute atomic E-state index is 1.18. The van der Waals surface area contributed by atoms with Crippen molar-refractivity contribution in [3.8, 4) is 11.1 Å². The van der Waals surface area contributed by atoms with E-state index in [0.717, 1.165) is 0 Å². The topological polar surface area (TPSA) is 15.8 Å². The standard InChI is InChI=1S/C14H11N/c1-2-4-11-9(3-1)7-13-12(11)8-10-5-6-14(13)15-10/h1-4,7-8,15H,5-6H2. The maximum atomic E-state index is 3.49. The van der Waals surface area contributed by atoms with E-state index in [1.54, 1.807) is 0 Å². The van der Waals surface area contributed by atoms with Crippen molar-refractivity contribution in [1.82, 2.24) is 4.98 Å². The fourth-order valence-corrected chi connectivity index (χ4v) is 2.71. The molecule has 15 heavy (non-hydrogen) atoms. The molecule has 1 aliphatic carbocycles. The van der Waals surface area contributed by atoms with Crippen LogP contribution in [0.4, 0.5) is 0 Å². The Morgan fingerprint density at radius 3 is 2.87 bits per heavy atom. The quantitative estimate of drug-likeness (QED) is 0.563. The number of aryl methyl sites for hydroxylation is 2. The van der Waals surface area contributed by atoms with Crippen molar-refractivity contribution < 1.29 is 0 Å². The van der Waals surface area contributed by atoms with Gasteiger partial charge in [-0.25, -0.2) is 0 Å². The van der Waals surface area contributed by atoms with Crippen LogP contribution in [0, 0.1) is 0 Å². The third-order valence-corrected chi connectivity index (χ3v) is 3.44. The molecule has 0 unspecified atom stereocenters. The summed E-state index contributed by atoms with van der Waals surface area (Å²) in [6, 6.07) is 13.3. The van der Waals surface area contributed by atoms with Gasteiger partial charge < -0.3 is 4.98 Å². The lowest BCUT2D eigenvalue weighted by Gasteiger charge is -2.02. The van der Waals surface area contributed by atoms with Crippen LogP contribution in [-0.4, -0.2) is 4.98 Å². The number of benzene rings is 1. The van der Waals surface area contributed by atoms with Crippen LogP contribution < -0.4 is 0 Å². The summed E-state index contributed by atoms with van der Waals surface area (Å²) in [5, 5.41) is 2.76. The molecule has 72 valence electrons. The molecule has 0 saturated carbocycles. The third-order valence-electron chi connectivity index (χ3n) is 3.44. The largest absolute Gasteiger partial charge is 0.362 e. The molecule has 0 spiro atoms. The molecular formula is C14H11N. The molecule has 0 amide bonds. The van der Waals surface area contributed by atoms with Gasteiger partial charge in [0.25, 0.3) is 0 Å². The van der Waals surface area contributed by atoms with Crippen LogP contribution in [0.1, 0.15) is 11.4 Å². The zero-order valence-corrected chi connectivity index (χ0v) is 8.38. The van der Waals surface area contributed by atoms with E-state index in [1.807, 2.05) is 0 Å². The number of nitrogens with one attached hydrogen (secondary N) is 1. The van der Waals surface area contributed by atoms with Crippen LogP contribution in [-0.2, 0) is 12.8 Å². The molecule has 2 heterocycles. The molecule has 2 bridgehead atoms. The van der Waals surface area contributed by atoms with Crippen molar-refractivity contribution in [3.63, 3.8) is 0 Å². The Morgan fingerprint density at radius 2 is 1.87 bits per heavy atom. The lowest BCUT2D eigenvalue weighted by Crippen LogP contribution is -1.84. The minimum atomic E-state index is 1.18. The molecule has 2 aliphatic heterocycles. The molecule has 3 aliphatic rings. The fourth-order valence-electron chi connectivity index (χ4n) is 2.71. The molecule has 0 aromatic heterocycles. The lowest BCUT2D eigenvalue weighted by atomic mass is 10.1. The number of fused-ring (bicyclic) bond motifs is 6. The number of pyridine rings is 1. The van der Waals surface area contributed by atoms with E-state index in [-0.39, 0.29) is 0 Å². The highest BCUT2D eigenvalue weighted by atomic mass is 14.8. The molecule has 4 rings (SSSR count). The lowest BCUT2D eigenvalue weighted by molar-refractivity contribution is 1.03. The van der Waals surface area contributed by atoms with Crippen molar-refractivity contribution >= 4 is 10.8 Å². The van der Waals surface area contributed by atoms with E-state index in [2.05, 4.69) is 41.4 Å². The average Bonchev–Trinajstić information content (AvgIpc) is 2.83. The summed E-state index contributed by atoms with van der Waals surface area (Å²) in [6.07, 6.45) is 2.35. The number of hydrogen-bond donors (Lipinski definition) is 1. The van der Waals surface area contributed by atoms with E-state index in [1.165, 1.54) is 46.1 Å². The number of hydrogen-bond acceptors (Lipinski definition) is 0. The van der Waals surface area contributed by atoms with E-state index in [4.69, 9.17) is 0 Å². The Kier molecular flexibility index (Phi) is 1.22. The van der Waals surface area contributed by atoms with E-state index < -0.39 is 0 Å². The maximum absolute atomic E-state index is 3.49. The van der Waals surface area contributed by atoms with Crippen LogP contribution in [0.5, 0.6) is 0 Å². The van der Waals surface area contributed by atoms with Crippen LogP contribution in [0.2, 0.25) is 0 Å². The number of aromatic amines is 1. The maximum Gasteiger partial charge on any atom is 0.0232 e. The highest BCUT2D eigenvalue weighted by Gasteiger charge is 2.19. The zero-order valence-electron chi connectivity index (χ0n) is 8.38. The highest BCUT2D eigenvalue weighted by Crippen LogP contribution is 2.38. The third kappa shape index (κ3) is 0.878. The predicted molar refractivity (Wildman–Crippen MR) is 62.3 cm³/mol. The molecule has 1 N–H and O–H groups in total. The molecule has 1 aromatic carbocycles. The van der Waals surface area contributed by atoms with Crippen LogP contribution in [0.25, 0.3) is 21.9 Å². The number of rotatable bonds is 0. The number of H-pyrrole nitrogens is 1. The molecule has 1 aromatic rings. The molecule has 1 heteroatoms. The summed E-state index contributed by atoms with van der Waals surface area (Å²) < 4.78 is 0. The zero-order chi connectivity index (χ0) is 9.83. The monoisotopic (exact) mass is 193 g/mol. The van der Waals surface area contributed by atoms with Crippen molar-refractivity contribution in [3.05, 3.63) is 47.8 Å². The van der Waals surface area contributed by atoms with Crippen LogP contribution in [0.15, 0.2) is 36.4 Å². The second-order valence-corrected chi connectivity index (χ2v) is 4.33. The minimum Gasteiger partial charge on any atom is -0.362 e. The van der Waals surface area contributed by atoms with E-state index in [9.17, 15) is 0 Å². The Hall–Kier alpha value is -1.76. The Balaban J connectivity index is 2.26. The SMILES string of the molecule is c1ccc2c3cc4[nH]c(c-3cc2c1)CC4. The van der Waals surface area contributed by atoms with Crippen molar-refractivity contribution in [2.45, 2.75) is 12.8 Å². The number of aromatic nitrogens is 1. The highest BCUT2D eigenvalue weighted by molar-refractivity contribution is 6.03. The Labute approximate surface area is 88.1 Å². The smallest absolute Gasteiger partial charge is 0.0232 e. The van der Waals surface area contributed by atoms with Gasteiger partial charge in [0, 0.05) is 17.0 Å². The molecular weight excluding hydrogens is 182 g/mol. The molecule has 1 nitrogen and oxygen atoms in total. The van der Waals surface area contributed by atoms with E-state index in [0.29, 0.717) is 0 Å². The van der Waals surface area contributed by atoms with Gasteiger partial charge >= 0.3 is 0 Å². The second kappa shape index (κ2) is 2.43. The molecule has 0 radical (unpaired) electrons. The van der Waals surface area contributed by atoms with Gasteiger partial charge in [0.2, 0.25) is 0 Å². The van der Waals surface area contributed by atoms with Crippen molar-refractivity contribution in [2.24, 2.45) is 0 Å². The predicted octanol–water partition coefficient (Wildman–Crippen LogP) is 3.37. The van der Waals surface area contributed by atoms with Gasteiger partial charge in [0.1, 0.15) is 0 Å². The first-order valence-electron chi connectivity index (χ1n) is 5.44. The average molecular weight is 193 g/mol. The van der Waals surface area contributed by atoms with Gasteiger partial charge in [0.05, 0.1) is 0 Å². The normalized spacial score (nSPS) is 14.1. The van der Waals surface area contributed by atoms with Crippen molar-refractivity contribution in [1.29, 1.82) is 0 Å². The molecule has 0 atom stereocenters. The van der Waals surface area contributed by atoms with Gasteiger partial charge in [-0.15, -0.1) is 0 Å². The summed E-state index contributed by atoms with van der Waals surface area (Å²) in [7, 11) is 0. The van der Waals surface area contributed by atoms with Gasteiger partial charge in [0.15, 0.2) is 0 Å². The van der Waals surface area contributed by atoms with Crippen LogP contribution >= 0.6 is 0 Å². The summed E-state index contributed by atoms with van der Waals surface area (Å²) in [5.74, 6) is 0. The van der Waals surface area contributed by atoms with Gasteiger partial charge in [-0.1, -0.05) is 24.3 Å². The molecule has 0 saturated heterocycles. The first kappa shape index (κ1) is 7.52. The second-order valence-electron chi connectivity index (χ2n) is 4.33. The summed E-state index contributed by atoms with van der Waals surface area (Å²) in [4.78, 5) is 3.49. The summed E-state index contributed by atoms with van der Waals surface area (Å²) in [6.45, 7) is 0. The first-order valence-corrected chi connectivity index (χ1v) is 5.44.